The van der Waals surface area contributed by atoms with Gasteiger partial charge in [0.15, 0.2) is 0 Å². The molecule has 2 rings (SSSR count). The fourth-order valence-corrected chi connectivity index (χ4v) is 4.70. The largest absolute Gasteiger partial charge is 0.392 e. The van der Waals surface area contributed by atoms with Crippen LogP contribution in [0.4, 0.5) is 0 Å². The van der Waals surface area contributed by atoms with E-state index in [2.05, 4.69) is 49.7 Å². The number of rotatable bonds is 1. The number of fused-ring (bicyclic) bond motifs is 1. The first-order valence-corrected chi connectivity index (χ1v) is 7.78. The third-order valence-electron chi connectivity index (χ3n) is 5.22. The van der Waals surface area contributed by atoms with Gasteiger partial charge in [-0.3, -0.25) is 0 Å². The molecule has 1 N–H and O–H groups in total. The van der Waals surface area contributed by atoms with E-state index in [0.717, 1.165) is 6.42 Å². The molecule has 1 fully saturated rings. The first-order chi connectivity index (χ1) is 7.88. The molecule has 0 aromatic carbocycles. The van der Waals surface area contributed by atoms with Crippen molar-refractivity contribution in [3.05, 3.63) is 11.6 Å². The first-order valence-electron chi connectivity index (χ1n) is 6.86. The summed E-state index contributed by atoms with van der Waals surface area (Å²) in [5, 5.41) is 10.7. The molecule has 17 heavy (non-hydrogen) atoms. The van der Waals surface area contributed by atoms with Gasteiger partial charge in [-0.15, -0.1) is 0 Å². The monoisotopic (exact) mass is 300 g/mol. The highest BCUT2D eigenvalue weighted by molar-refractivity contribution is 9.09. The molecule has 5 atom stereocenters. The van der Waals surface area contributed by atoms with E-state index >= 15 is 0 Å². The van der Waals surface area contributed by atoms with Gasteiger partial charge < -0.3 is 5.11 Å². The number of hydrogen-bond donors (Lipinski definition) is 1. The molecule has 0 heterocycles. The zero-order chi connectivity index (χ0) is 12.8. The van der Waals surface area contributed by atoms with E-state index in [-0.39, 0.29) is 11.5 Å². The first kappa shape index (κ1) is 13.6. The van der Waals surface area contributed by atoms with Crippen LogP contribution < -0.4 is 0 Å². The Labute approximate surface area is 114 Å². The standard InChI is InChI=1S/C15H25BrO/c1-9(2)11-7-8-15(4)12(16)6-5-10(3)13(15)14(11)17/h5,9,11-14,17H,6-8H2,1-4H3/t11-,12-,13+,14-,15+/m1/s1. The van der Waals surface area contributed by atoms with Crippen LogP contribution in [-0.2, 0) is 0 Å². The lowest BCUT2D eigenvalue weighted by Crippen LogP contribution is -2.52. The van der Waals surface area contributed by atoms with Crippen molar-refractivity contribution in [3.8, 4) is 0 Å². The number of alkyl halides is 1. The predicted octanol–water partition coefficient (Wildman–Crippen LogP) is 4.15. The van der Waals surface area contributed by atoms with Crippen LogP contribution in [-0.4, -0.2) is 16.0 Å². The summed E-state index contributed by atoms with van der Waals surface area (Å²) in [5.41, 5.74) is 1.64. The van der Waals surface area contributed by atoms with E-state index in [1.54, 1.807) is 0 Å². The molecule has 0 radical (unpaired) electrons. The van der Waals surface area contributed by atoms with Gasteiger partial charge in [0.25, 0.3) is 0 Å². The van der Waals surface area contributed by atoms with Gasteiger partial charge >= 0.3 is 0 Å². The summed E-state index contributed by atoms with van der Waals surface area (Å²) in [5.74, 6) is 1.40. The molecule has 0 unspecified atom stereocenters. The van der Waals surface area contributed by atoms with Crippen LogP contribution >= 0.6 is 15.9 Å². The molecule has 0 aromatic rings. The van der Waals surface area contributed by atoms with Crippen molar-refractivity contribution in [1.82, 2.24) is 0 Å². The third kappa shape index (κ3) is 2.12. The third-order valence-corrected chi connectivity index (χ3v) is 6.64. The van der Waals surface area contributed by atoms with Crippen molar-refractivity contribution < 1.29 is 5.11 Å². The molecule has 0 aromatic heterocycles. The highest BCUT2D eigenvalue weighted by atomic mass is 79.9. The average molecular weight is 301 g/mol. The molecule has 98 valence electrons. The Hall–Kier alpha value is 0.180. The second kappa shape index (κ2) is 4.70. The normalized spacial score (nSPS) is 46.6. The SMILES string of the molecule is CC1=CC[C@@H](Br)[C@]2(C)CC[C@H](C(C)C)[C@@H](O)[C@H]12. The van der Waals surface area contributed by atoms with E-state index < -0.39 is 0 Å². The molecule has 0 amide bonds. The topological polar surface area (TPSA) is 20.2 Å². The van der Waals surface area contributed by atoms with Gasteiger partial charge in [0, 0.05) is 10.7 Å². The molecule has 1 saturated carbocycles. The molecule has 0 aliphatic heterocycles. The second-order valence-electron chi connectivity index (χ2n) is 6.57. The van der Waals surface area contributed by atoms with E-state index in [0.29, 0.717) is 22.6 Å². The lowest BCUT2D eigenvalue weighted by Gasteiger charge is -2.53. The number of halogens is 1. The van der Waals surface area contributed by atoms with Crippen molar-refractivity contribution in [2.24, 2.45) is 23.2 Å². The van der Waals surface area contributed by atoms with Gasteiger partial charge in [-0.25, -0.2) is 0 Å². The number of allylic oxidation sites excluding steroid dienone is 1. The maximum Gasteiger partial charge on any atom is 0.0641 e. The van der Waals surface area contributed by atoms with E-state index in [1.807, 2.05) is 0 Å². The van der Waals surface area contributed by atoms with Crippen molar-refractivity contribution in [2.75, 3.05) is 0 Å². The second-order valence-corrected chi connectivity index (χ2v) is 7.68. The summed E-state index contributed by atoms with van der Waals surface area (Å²) in [6.07, 6.45) is 5.67. The number of aliphatic hydroxyl groups is 1. The van der Waals surface area contributed by atoms with Crippen molar-refractivity contribution >= 4 is 15.9 Å². The van der Waals surface area contributed by atoms with Crippen molar-refractivity contribution in [1.29, 1.82) is 0 Å². The summed E-state index contributed by atoms with van der Waals surface area (Å²) in [6.45, 7) is 9.04. The van der Waals surface area contributed by atoms with Crippen LogP contribution in [0.5, 0.6) is 0 Å². The average Bonchev–Trinajstić information content (AvgIpc) is 2.23. The number of aliphatic hydroxyl groups excluding tert-OH is 1. The fourth-order valence-electron chi connectivity index (χ4n) is 4.00. The molecular weight excluding hydrogens is 276 g/mol. The molecule has 0 saturated heterocycles. The van der Waals surface area contributed by atoms with Gasteiger partial charge in [0.05, 0.1) is 6.10 Å². The minimum atomic E-state index is -0.162. The van der Waals surface area contributed by atoms with Crippen LogP contribution in [0.15, 0.2) is 11.6 Å². The van der Waals surface area contributed by atoms with E-state index in [1.165, 1.54) is 18.4 Å². The van der Waals surface area contributed by atoms with Crippen LogP contribution in [0.3, 0.4) is 0 Å². The van der Waals surface area contributed by atoms with Gasteiger partial charge in [-0.1, -0.05) is 48.4 Å². The highest BCUT2D eigenvalue weighted by Crippen LogP contribution is 2.55. The Morgan fingerprint density at radius 1 is 1.47 bits per heavy atom. The Morgan fingerprint density at radius 2 is 2.12 bits per heavy atom. The minimum Gasteiger partial charge on any atom is -0.392 e. The zero-order valence-corrected chi connectivity index (χ0v) is 13.0. The molecule has 2 aliphatic carbocycles. The van der Waals surface area contributed by atoms with Gasteiger partial charge in [-0.05, 0) is 43.4 Å². The lowest BCUT2D eigenvalue weighted by molar-refractivity contribution is -0.0576. The summed E-state index contributed by atoms with van der Waals surface area (Å²) in [6, 6.07) is 0. The number of hydrogen-bond acceptors (Lipinski definition) is 1. The molecule has 0 spiro atoms. The molecule has 2 aliphatic rings. The van der Waals surface area contributed by atoms with E-state index in [9.17, 15) is 5.11 Å². The van der Waals surface area contributed by atoms with E-state index in [4.69, 9.17) is 0 Å². The van der Waals surface area contributed by atoms with Crippen LogP contribution in [0.25, 0.3) is 0 Å². The Bertz CT molecular complexity index is 323. The summed E-state index contributed by atoms with van der Waals surface area (Å²) < 4.78 is 0. The van der Waals surface area contributed by atoms with Crippen LogP contribution in [0.1, 0.15) is 47.0 Å². The quantitative estimate of drug-likeness (QED) is 0.570. The van der Waals surface area contributed by atoms with Crippen molar-refractivity contribution in [3.63, 3.8) is 0 Å². The summed E-state index contributed by atoms with van der Waals surface area (Å²) in [7, 11) is 0. The predicted molar refractivity (Wildman–Crippen MR) is 76.3 cm³/mol. The smallest absolute Gasteiger partial charge is 0.0641 e. The zero-order valence-electron chi connectivity index (χ0n) is 11.4. The minimum absolute atomic E-state index is 0.162. The van der Waals surface area contributed by atoms with Crippen molar-refractivity contribution in [2.45, 2.75) is 57.9 Å². The van der Waals surface area contributed by atoms with Gasteiger partial charge in [0.1, 0.15) is 0 Å². The Kier molecular flexibility index (Phi) is 3.76. The molecule has 2 heteroatoms. The van der Waals surface area contributed by atoms with Crippen LogP contribution in [0, 0.1) is 23.2 Å². The summed E-state index contributed by atoms with van der Waals surface area (Å²) in [4.78, 5) is 0.520. The Balaban J connectivity index is 2.33. The van der Waals surface area contributed by atoms with Gasteiger partial charge in [-0.2, -0.15) is 0 Å². The molecule has 1 nitrogen and oxygen atoms in total. The Morgan fingerprint density at radius 3 is 2.71 bits per heavy atom. The van der Waals surface area contributed by atoms with Gasteiger partial charge in [0.2, 0.25) is 0 Å². The molecule has 0 bridgehead atoms. The fraction of sp³-hybridized carbons (Fsp3) is 0.867. The molecular formula is C15H25BrO. The maximum atomic E-state index is 10.7. The maximum absolute atomic E-state index is 10.7. The highest BCUT2D eigenvalue weighted by Gasteiger charge is 2.51. The van der Waals surface area contributed by atoms with Crippen LogP contribution in [0.2, 0.25) is 0 Å². The lowest BCUT2D eigenvalue weighted by atomic mass is 9.55. The summed E-state index contributed by atoms with van der Waals surface area (Å²) >= 11 is 3.84.